The van der Waals surface area contributed by atoms with Gasteiger partial charge in [-0.05, 0) is 24.3 Å². The molecule has 0 saturated heterocycles. The topological polar surface area (TPSA) is 98.3 Å². The van der Waals surface area contributed by atoms with Crippen molar-refractivity contribution in [1.29, 1.82) is 0 Å². The average molecular weight is 310 g/mol. The Labute approximate surface area is 123 Å². The summed E-state index contributed by atoms with van der Waals surface area (Å²) in [6.45, 7) is 0. The molecular weight excluding hydrogens is 301 g/mol. The normalized spacial score (nSPS) is 10.2. The highest BCUT2D eigenvalue weighted by molar-refractivity contribution is 6.30. The highest BCUT2D eigenvalue weighted by Gasteiger charge is 2.16. The van der Waals surface area contributed by atoms with E-state index in [0.29, 0.717) is 0 Å². The first-order valence-electron chi connectivity index (χ1n) is 5.69. The van der Waals surface area contributed by atoms with E-state index < -0.39 is 16.6 Å². The minimum absolute atomic E-state index is 0.0486. The van der Waals surface area contributed by atoms with Crippen molar-refractivity contribution in [3.8, 4) is 0 Å². The fraction of sp³-hybridized carbons (Fsp3) is 0. The third kappa shape index (κ3) is 3.26. The second-order valence-corrected chi connectivity index (χ2v) is 4.54. The van der Waals surface area contributed by atoms with Gasteiger partial charge in [0, 0.05) is 22.8 Å². The molecule has 0 fully saturated rings. The summed E-state index contributed by atoms with van der Waals surface area (Å²) in [5, 5.41) is 13.2. The van der Waals surface area contributed by atoms with Crippen LogP contribution in [0.2, 0.25) is 5.02 Å². The predicted octanol–water partition coefficient (Wildman–Crippen LogP) is 3.22. The molecule has 0 aliphatic heterocycles. The lowest BCUT2D eigenvalue weighted by Crippen LogP contribution is -2.15. The monoisotopic (exact) mass is 309 g/mol. The zero-order valence-corrected chi connectivity index (χ0v) is 11.2. The van der Waals surface area contributed by atoms with Gasteiger partial charge >= 0.3 is 0 Å². The van der Waals surface area contributed by atoms with E-state index in [-0.39, 0.29) is 27.6 Å². The van der Waals surface area contributed by atoms with Crippen molar-refractivity contribution in [1.82, 2.24) is 0 Å². The van der Waals surface area contributed by atoms with Crippen LogP contribution in [-0.4, -0.2) is 10.8 Å². The molecule has 8 heteroatoms. The summed E-state index contributed by atoms with van der Waals surface area (Å²) in [5.74, 6) is -1.47. The van der Waals surface area contributed by atoms with Crippen LogP contribution in [-0.2, 0) is 0 Å². The van der Waals surface area contributed by atoms with Crippen molar-refractivity contribution in [3.05, 3.63) is 62.9 Å². The summed E-state index contributed by atoms with van der Waals surface area (Å²) in [6, 6.07) is 7.16. The van der Waals surface area contributed by atoms with Gasteiger partial charge in [-0.3, -0.25) is 14.9 Å². The van der Waals surface area contributed by atoms with Crippen LogP contribution in [0.25, 0.3) is 0 Å². The SMILES string of the molecule is Nc1ccc([N+](=O)[O-])cc1C(=O)Nc1ccc(Cl)cc1F. The molecule has 0 saturated carbocycles. The van der Waals surface area contributed by atoms with Crippen LogP contribution in [0.4, 0.5) is 21.5 Å². The Balaban J connectivity index is 2.32. The molecule has 2 rings (SSSR count). The summed E-state index contributed by atoms with van der Waals surface area (Å²) >= 11 is 5.60. The van der Waals surface area contributed by atoms with Gasteiger partial charge in [-0.15, -0.1) is 0 Å². The minimum Gasteiger partial charge on any atom is -0.398 e. The van der Waals surface area contributed by atoms with Gasteiger partial charge < -0.3 is 11.1 Å². The number of nitrogens with zero attached hydrogens (tertiary/aromatic N) is 1. The molecule has 0 radical (unpaired) electrons. The Morgan fingerprint density at radius 3 is 2.62 bits per heavy atom. The summed E-state index contributed by atoms with van der Waals surface area (Å²) in [5.41, 5.74) is 5.16. The minimum atomic E-state index is -0.752. The number of non-ortho nitro benzene ring substituents is 1. The maximum absolute atomic E-state index is 13.6. The van der Waals surface area contributed by atoms with Crippen LogP contribution in [0.3, 0.4) is 0 Å². The van der Waals surface area contributed by atoms with E-state index in [1.165, 1.54) is 24.3 Å². The Morgan fingerprint density at radius 2 is 2.00 bits per heavy atom. The van der Waals surface area contributed by atoms with Crippen LogP contribution in [0, 0.1) is 15.9 Å². The first-order valence-corrected chi connectivity index (χ1v) is 6.06. The fourth-order valence-electron chi connectivity index (χ4n) is 1.63. The third-order valence-electron chi connectivity index (χ3n) is 2.67. The fourth-order valence-corrected chi connectivity index (χ4v) is 1.79. The number of nitrogens with one attached hydrogen (secondary N) is 1. The number of anilines is 2. The molecule has 0 bridgehead atoms. The Morgan fingerprint density at radius 1 is 1.29 bits per heavy atom. The van der Waals surface area contributed by atoms with Crippen molar-refractivity contribution in [3.63, 3.8) is 0 Å². The second-order valence-electron chi connectivity index (χ2n) is 4.11. The maximum atomic E-state index is 13.6. The molecule has 0 unspecified atom stereocenters. The lowest BCUT2D eigenvalue weighted by Gasteiger charge is -2.08. The number of nitro benzene ring substituents is 1. The van der Waals surface area contributed by atoms with Crippen LogP contribution < -0.4 is 11.1 Å². The van der Waals surface area contributed by atoms with Crippen molar-refractivity contribution < 1.29 is 14.1 Å². The van der Waals surface area contributed by atoms with Gasteiger partial charge in [-0.25, -0.2) is 4.39 Å². The number of carbonyl (C=O) groups is 1. The van der Waals surface area contributed by atoms with E-state index in [9.17, 15) is 19.3 Å². The van der Waals surface area contributed by atoms with E-state index >= 15 is 0 Å². The molecule has 0 heterocycles. The standard InChI is InChI=1S/C13H9ClFN3O3/c14-7-1-4-12(10(15)5-7)17-13(19)9-6-8(18(20)21)2-3-11(9)16/h1-6H,16H2,(H,17,19). The van der Waals surface area contributed by atoms with Crippen molar-refractivity contribution in [2.45, 2.75) is 0 Å². The molecule has 2 aromatic rings. The first-order chi connectivity index (χ1) is 9.88. The van der Waals surface area contributed by atoms with E-state index in [1.807, 2.05) is 0 Å². The molecule has 21 heavy (non-hydrogen) atoms. The van der Waals surface area contributed by atoms with Crippen LogP contribution in [0.5, 0.6) is 0 Å². The van der Waals surface area contributed by atoms with Crippen LogP contribution >= 0.6 is 11.6 Å². The zero-order valence-electron chi connectivity index (χ0n) is 10.5. The zero-order chi connectivity index (χ0) is 15.6. The summed E-state index contributed by atoms with van der Waals surface area (Å²) in [7, 11) is 0. The second kappa shape index (κ2) is 5.76. The lowest BCUT2D eigenvalue weighted by molar-refractivity contribution is -0.384. The number of nitro groups is 1. The van der Waals surface area contributed by atoms with Crippen molar-refractivity contribution >= 4 is 34.6 Å². The molecule has 0 aromatic heterocycles. The number of hydrogen-bond donors (Lipinski definition) is 2. The maximum Gasteiger partial charge on any atom is 0.270 e. The number of nitrogen functional groups attached to an aromatic ring is 1. The number of hydrogen-bond acceptors (Lipinski definition) is 4. The highest BCUT2D eigenvalue weighted by atomic mass is 35.5. The number of amides is 1. The van der Waals surface area contributed by atoms with Crippen molar-refractivity contribution in [2.75, 3.05) is 11.1 Å². The molecule has 6 nitrogen and oxygen atoms in total. The van der Waals surface area contributed by atoms with Crippen LogP contribution in [0.1, 0.15) is 10.4 Å². The summed E-state index contributed by atoms with van der Waals surface area (Å²) in [6.07, 6.45) is 0. The lowest BCUT2D eigenvalue weighted by atomic mass is 10.1. The van der Waals surface area contributed by atoms with Gasteiger partial charge in [0.25, 0.3) is 11.6 Å². The van der Waals surface area contributed by atoms with Gasteiger partial charge in [0.2, 0.25) is 0 Å². The Hall–Kier alpha value is -2.67. The van der Waals surface area contributed by atoms with Gasteiger partial charge in [0.1, 0.15) is 5.82 Å². The number of halogens is 2. The largest absolute Gasteiger partial charge is 0.398 e. The van der Waals surface area contributed by atoms with E-state index in [0.717, 1.165) is 12.1 Å². The van der Waals surface area contributed by atoms with Crippen LogP contribution in [0.15, 0.2) is 36.4 Å². The predicted molar refractivity (Wildman–Crippen MR) is 76.9 cm³/mol. The Kier molecular flexibility index (Phi) is 4.04. The van der Waals surface area contributed by atoms with Gasteiger partial charge in [0.15, 0.2) is 0 Å². The number of rotatable bonds is 3. The first kappa shape index (κ1) is 14.7. The van der Waals surface area contributed by atoms with E-state index in [1.54, 1.807) is 0 Å². The smallest absolute Gasteiger partial charge is 0.270 e. The average Bonchev–Trinajstić information content (AvgIpc) is 2.42. The highest BCUT2D eigenvalue weighted by Crippen LogP contribution is 2.23. The molecule has 0 aliphatic rings. The molecule has 3 N–H and O–H groups in total. The molecule has 108 valence electrons. The van der Waals surface area contributed by atoms with Gasteiger partial charge in [-0.1, -0.05) is 11.6 Å². The quantitative estimate of drug-likeness (QED) is 0.516. The van der Waals surface area contributed by atoms with Gasteiger partial charge in [-0.2, -0.15) is 0 Å². The molecule has 1 amide bonds. The third-order valence-corrected chi connectivity index (χ3v) is 2.91. The summed E-state index contributed by atoms with van der Waals surface area (Å²) in [4.78, 5) is 22.1. The Bertz CT molecular complexity index is 737. The number of benzene rings is 2. The molecule has 2 aromatic carbocycles. The molecule has 0 aliphatic carbocycles. The van der Waals surface area contributed by atoms with E-state index in [2.05, 4.69) is 5.32 Å². The molecule has 0 atom stereocenters. The van der Waals surface area contributed by atoms with E-state index in [4.69, 9.17) is 17.3 Å². The van der Waals surface area contributed by atoms with Crippen molar-refractivity contribution in [2.24, 2.45) is 0 Å². The number of nitrogens with two attached hydrogens (primary N) is 1. The van der Waals surface area contributed by atoms with Gasteiger partial charge in [0.05, 0.1) is 16.2 Å². The molecule has 0 spiro atoms. The molecular formula is C13H9ClFN3O3. The number of carbonyl (C=O) groups excluding carboxylic acids is 1. The summed E-state index contributed by atoms with van der Waals surface area (Å²) < 4.78 is 13.6.